The molecule has 3 nitrogen and oxygen atoms in total. The lowest BCUT2D eigenvalue weighted by Gasteiger charge is -2.37. The minimum Gasteiger partial charge on any atom is -0.378 e. The van der Waals surface area contributed by atoms with E-state index in [1.54, 1.807) is 13.8 Å². The van der Waals surface area contributed by atoms with Crippen molar-refractivity contribution in [1.82, 2.24) is 9.80 Å². The highest BCUT2D eigenvalue weighted by atomic mass is 16.3. The van der Waals surface area contributed by atoms with E-state index in [-0.39, 0.29) is 0 Å². The number of hydrogen-bond acceptors (Lipinski definition) is 3. The van der Waals surface area contributed by atoms with Gasteiger partial charge >= 0.3 is 0 Å². The number of hydrogen-bond donors (Lipinski definition) is 1. The van der Waals surface area contributed by atoms with Gasteiger partial charge in [0.05, 0.1) is 0 Å². The third-order valence-electron chi connectivity index (χ3n) is 5.01. The zero-order chi connectivity index (χ0) is 17.0. The maximum atomic E-state index is 9.68. The van der Waals surface area contributed by atoms with Crippen LogP contribution in [0.3, 0.4) is 0 Å². The highest BCUT2D eigenvalue weighted by molar-refractivity contribution is 5.37. The van der Waals surface area contributed by atoms with E-state index in [1.807, 2.05) is 0 Å². The molecule has 0 aliphatic carbocycles. The van der Waals surface area contributed by atoms with Crippen molar-refractivity contribution in [2.75, 3.05) is 26.2 Å². The summed E-state index contributed by atoms with van der Waals surface area (Å²) in [6.45, 7) is 9.47. The third-order valence-corrected chi connectivity index (χ3v) is 5.01. The normalized spacial score (nSPS) is 23.0. The Labute approximate surface area is 146 Å². The number of rotatable bonds is 3. The van der Waals surface area contributed by atoms with Crippen LogP contribution in [0.25, 0.3) is 0 Å². The summed E-state index contributed by atoms with van der Waals surface area (Å²) >= 11 is 0. The van der Waals surface area contributed by atoms with Gasteiger partial charge in [0.1, 0.15) is 5.60 Å². The quantitative estimate of drug-likeness (QED) is 0.865. The predicted octanol–water partition coefficient (Wildman–Crippen LogP) is 2.87. The van der Waals surface area contributed by atoms with E-state index >= 15 is 0 Å². The average Bonchev–Trinajstić information content (AvgIpc) is 3.08. The fourth-order valence-corrected chi connectivity index (χ4v) is 3.76. The highest BCUT2D eigenvalue weighted by Crippen LogP contribution is 2.21. The van der Waals surface area contributed by atoms with Crippen LogP contribution in [-0.4, -0.2) is 52.7 Å². The van der Waals surface area contributed by atoms with Crippen molar-refractivity contribution in [3.05, 3.63) is 35.4 Å². The van der Waals surface area contributed by atoms with Crippen molar-refractivity contribution in [3.8, 4) is 11.8 Å². The molecule has 1 aromatic rings. The topological polar surface area (TPSA) is 26.7 Å². The summed E-state index contributed by atoms with van der Waals surface area (Å²) in [6, 6.07) is 9.24. The Hall–Kier alpha value is -1.34. The minimum absolute atomic E-state index is 0.762. The number of aliphatic hydroxyl groups is 1. The summed E-state index contributed by atoms with van der Waals surface area (Å²) in [6.07, 6.45) is 5.44. The number of likely N-dealkylation sites (tertiary alicyclic amines) is 2. The molecule has 3 rings (SSSR count). The smallest absolute Gasteiger partial charge is 0.120 e. The van der Waals surface area contributed by atoms with Gasteiger partial charge in [0, 0.05) is 24.7 Å². The number of nitrogens with zero attached hydrogens (tertiary/aromatic N) is 2. The van der Waals surface area contributed by atoms with E-state index in [0.29, 0.717) is 0 Å². The molecule has 2 fully saturated rings. The Balaban J connectivity index is 1.56. The van der Waals surface area contributed by atoms with Gasteiger partial charge in [0.25, 0.3) is 0 Å². The second-order valence-corrected chi connectivity index (χ2v) is 7.78. The molecule has 0 amide bonds. The van der Waals surface area contributed by atoms with Crippen LogP contribution >= 0.6 is 0 Å². The first-order valence-corrected chi connectivity index (χ1v) is 9.30. The molecule has 3 heteroatoms. The summed E-state index contributed by atoms with van der Waals surface area (Å²) in [5.74, 6) is 5.90. The lowest BCUT2D eigenvalue weighted by molar-refractivity contribution is 0.110. The van der Waals surface area contributed by atoms with Crippen LogP contribution in [-0.2, 0) is 6.54 Å². The lowest BCUT2D eigenvalue weighted by Crippen LogP contribution is -2.46. The van der Waals surface area contributed by atoms with Crippen molar-refractivity contribution in [2.45, 2.75) is 57.7 Å². The van der Waals surface area contributed by atoms with Gasteiger partial charge in [-0.2, -0.15) is 0 Å². The van der Waals surface area contributed by atoms with Gasteiger partial charge in [-0.15, -0.1) is 0 Å². The summed E-state index contributed by atoms with van der Waals surface area (Å²) in [5.41, 5.74) is 1.39. The minimum atomic E-state index is -0.933. The van der Waals surface area contributed by atoms with Gasteiger partial charge in [-0.3, -0.25) is 9.80 Å². The van der Waals surface area contributed by atoms with Crippen LogP contribution in [0.1, 0.15) is 50.7 Å². The Bertz CT molecular complexity index is 585. The van der Waals surface area contributed by atoms with Crippen LogP contribution < -0.4 is 0 Å². The maximum absolute atomic E-state index is 9.68. The van der Waals surface area contributed by atoms with Gasteiger partial charge in [-0.1, -0.05) is 24.0 Å². The molecule has 0 saturated carbocycles. The Morgan fingerprint density at radius 3 is 2.46 bits per heavy atom. The van der Waals surface area contributed by atoms with Crippen LogP contribution in [0, 0.1) is 11.8 Å². The molecule has 1 N–H and O–H groups in total. The zero-order valence-electron chi connectivity index (χ0n) is 15.1. The first-order chi connectivity index (χ1) is 11.5. The molecule has 24 heavy (non-hydrogen) atoms. The molecule has 0 aromatic heterocycles. The van der Waals surface area contributed by atoms with E-state index in [9.17, 15) is 5.11 Å². The van der Waals surface area contributed by atoms with E-state index in [0.717, 1.165) is 18.2 Å². The fraction of sp³-hybridized carbons (Fsp3) is 0.619. The predicted molar refractivity (Wildman–Crippen MR) is 98.7 cm³/mol. The van der Waals surface area contributed by atoms with Gasteiger partial charge in [0.15, 0.2) is 0 Å². The van der Waals surface area contributed by atoms with E-state index < -0.39 is 5.60 Å². The average molecular weight is 326 g/mol. The zero-order valence-corrected chi connectivity index (χ0v) is 15.1. The molecule has 2 heterocycles. The second kappa shape index (κ2) is 7.70. The summed E-state index contributed by atoms with van der Waals surface area (Å²) in [4.78, 5) is 5.30. The molecular weight excluding hydrogens is 296 g/mol. The van der Waals surface area contributed by atoms with Crippen molar-refractivity contribution in [3.63, 3.8) is 0 Å². The molecule has 2 saturated heterocycles. The second-order valence-electron chi connectivity index (χ2n) is 7.78. The maximum Gasteiger partial charge on any atom is 0.120 e. The molecule has 1 atom stereocenters. The Kier molecular flexibility index (Phi) is 5.61. The Morgan fingerprint density at radius 1 is 1.08 bits per heavy atom. The summed E-state index contributed by atoms with van der Waals surface area (Å²) in [5, 5.41) is 9.68. The van der Waals surface area contributed by atoms with Crippen LogP contribution in [0.15, 0.2) is 24.3 Å². The van der Waals surface area contributed by atoms with Gasteiger partial charge in [-0.25, -0.2) is 0 Å². The molecule has 0 bridgehead atoms. The molecule has 1 unspecified atom stereocenters. The van der Waals surface area contributed by atoms with E-state index in [2.05, 4.69) is 45.9 Å². The van der Waals surface area contributed by atoms with Crippen molar-refractivity contribution >= 4 is 0 Å². The number of benzene rings is 1. The van der Waals surface area contributed by atoms with Crippen LogP contribution in [0.5, 0.6) is 0 Å². The van der Waals surface area contributed by atoms with Gasteiger partial charge in [-0.05, 0) is 76.9 Å². The molecule has 2 aliphatic heterocycles. The van der Waals surface area contributed by atoms with Gasteiger partial charge < -0.3 is 5.11 Å². The first kappa shape index (κ1) is 17.5. The number of piperidine rings is 1. The Morgan fingerprint density at radius 2 is 1.79 bits per heavy atom. The van der Waals surface area contributed by atoms with Crippen molar-refractivity contribution in [2.24, 2.45) is 0 Å². The molecule has 0 radical (unpaired) electrons. The van der Waals surface area contributed by atoms with Crippen molar-refractivity contribution in [1.29, 1.82) is 0 Å². The van der Waals surface area contributed by atoms with Crippen LogP contribution in [0.4, 0.5) is 0 Å². The molecule has 1 aromatic carbocycles. The van der Waals surface area contributed by atoms with Gasteiger partial charge in [0.2, 0.25) is 0 Å². The summed E-state index contributed by atoms with van der Waals surface area (Å²) < 4.78 is 0. The molecule has 130 valence electrons. The lowest BCUT2D eigenvalue weighted by atomic mass is 10.0. The highest BCUT2D eigenvalue weighted by Gasteiger charge is 2.26. The van der Waals surface area contributed by atoms with Crippen molar-refractivity contribution < 1.29 is 5.11 Å². The third kappa shape index (κ3) is 5.08. The van der Waals surface area contributed by atoms with E-state index in [1.165, 1.54) is 57.4 Å². The largest absolute Gasteiger partial charge is 0.378 e. The fourth-order valence-electron chi connectivity index (χ4n) is 3.76. The SMILES string of the molecule is CC(C)(O)C#Cc1ccc(CN2CCCC(N3CCCC3)C2)cc1. The standard InChI is InChI=1S/C21H30N2O/c1-21(2,24)12-11-18-7-9-19(10-8-18)16-22-13-5-6-20(17-22)23-14-3-4-15-23/h7-10,20,24H,3-6,13-17H2,1-2H3. The van der Waals surface area contributed by atoms with E-state index in [4.69, 9.17) is 0 Å². The molecule has 2 aliphatic rings. The summed E-state index contributed by atoms with van der Waals surface area (Å²) in [7, 11) is 0. The van der Waals surface area contributed by atoms with Crippen LogP contribution in [0.2, 0.25) is 0 Å². The molecule has 0 spiro atoms. The molecular formula is C21H30N2O. The monoisotopic (exact) mass is 326 g/mol. The first-order valence-electron chi connectivity index (χ1n) is 9.30.